The predicted molar refractivity (Wildman–Crippen MR) is 131 cm³/mol. The second-order valence-corrected chi connectivity index (χ2v) is 11.2. The van der Waals surface area contributed by atoms with E-state index in [9.17, 15) is 13.4 Å². The zero-order valence-corrected chi connectivity index (χ0v) is 20.5. The second-order valence-electron chi connectivity index (χ2n) is 7.70. The Balaban J connectivity index is 1.62. The fraction of sp³-hybridized carbons (Fsp3) is 0.148. The van der Waals surface area contributed by atoms with Gasteiger partial charge >= 0.3 is 197 Å². The van der Waals surface area contributed by atoms with Crippen molar-refractivity contribution in [1.82, 2.24) is 0 Å². The molecule has 0 radical (unpaired) electrons. The number of allylic oxidation sites excluding steroid dienone is 3. The van der Waals surface area contributed by atoms with Crippen LogP contribution in [0.5, 0.6) is 0 Å². The summed E-state index contributed by atoms with van der Waals surface area (Å²) in [5, 5.41) is 0.767. The van der Waals surface area contributed by atoms with E-state index in [4.69, 9.17) is 0 Å². The molecule has 1 aliphatic rings. The number of carbonyl (C=O) groups excluding carboxylic acids is 1. The van der Waals surface area contributed by atoms with Crippen molar-refractivity contribution >= 4 is 47.7 Å². The number of halogens is 1. The average molecular weight is 510 g/mol. The molecule has 1 atom stereocenters. The van der Waals surface area contributed by atoms with Crippen LogP contribution in [-0.4, -0.2) is 30.1 Å². The maximum absolute atomic E-state index is 14.1. The first kappa shape index (κ1) is 22.6. The van der Waals surface area contributed by atoms with Crippen LogP contribution in [0, 0.1) is 5.82 Å². The number of hydrogen-bond acceptors (Lipinski definition) is 2. The molecule has 0 aromatic heterocycles. The van der Waals surface area contributed by atoms with Gasteiger partial charge in [-0.3, -0.25) is 0 Å². The molecule has 3 aromatic rings. The van der Waals surface area contributed by atoms with Gasteiger partial charge in [0, 0.05) is 0 Å². The van der Waals surface area contributed by atoms with Gasteiger partial charge in [-0.05, 0) is 0 Å². The summed E-state index contributed by atoms with van der Waals surface area (Å²) < 4.78 is 26.0. The summed E-state index contributed by atoms with van der Waals surface area (Å²) in [4.78, 5) is 13.6. The van der Waals surface area contributed by atoms with Gasteiger partial charge in [-0.15, -0.1) is 0 Å². The van der Waals surface area contributed by atoms with E-state index in [2.05, 4.69) is 6.08 Å². The molecular weight excluding hydrogens is 486 g/mol. The maximum atomic E-state index is 14.1. The van der Waals surface area contributed by atoms with Crippen molar-refractivity contribution in [3.63, 3.8) is 0 Å². The third-order valence-electron chi connectivity index (χ3n) is 5.54. The minimum absolute atomic E-state index is 0.166. The van der Waals surface area contributed by atoms with Crippen molar-refractivity contribution in [1.29, 1.82) is 0 Å². The molecule has 0 aliphatic heterocycles. The topological polar surface area (TPSA) is 34.1 Å². The van der Waals surface area contributed by atoms with Gasteiger partial charge in [0.1, 0.15) is 0 Å². The molecule has 2 nitrogen and oxygen atoms in total. The second kappa shape index (κ2) is 9.91. The first-order chi connectivity index (χ1) is 15.4. The minimum atomic E-state index is -1.02. The van der Waals surface area contributed by atoms with Gasteiger partial charge in [0.25, 0.3) is 0 Å². The van der Waals surface area contributed by atoms with Gasteiger partial charge in [-0.1, -0.05) is 0 Å². The van der Waals surface area contributed by atoms with Gasteiger partial charge in [0.2, 0.25) is 0 Å². The van der Waals surface area contributed by atoms with E-state index in [1.54, 1.807) is 12.3 Å². The predicted octanol–water partition coefficient (Wildman–Crippen LogP) is 5.71. The summed E-state index contributed by atoms with van der Waals surface area (Å²) in [5.41, 5.74) is 6.83. The molecule has 162 valence electrons. The molecule has 5 heteroatoms. The van der Waals surface area contributed by atoms with Gasteiger partial charge in [0.05, 0.1) is 0 Å². The molecule has 0 spiro atoms. The molecule has 1 unspecified atom stereocenters. The van der Waals surface area contributed by atoms with Crippen LogP contribution in [0.3, 0.4) is 0 Å². The van der Waals surface area contributed by atoms with Crippen LogP contribution in [-0.2, 0) is 20.9 Å². The van der Waals surface area contributed by atoms with Crippen molar-refractivity contribution < 1.29 is 13.4 Å². The Morgan fingerprint density at radius 2 is 1.72 bits per heavy atom. The molecule has 0 N–H and O–H groups in total. The molecule has 0 heterocycles. The summed E-state index contributed by atoms with van der Waals surface area (Å²) in [5.74, 6) is -0.299. The zero-order valence-electron chi connectivity index (χ0n) is 17.9. The van der Waals surface area contributed by atoms with Crippen molar-refractivity contribution in [3.05, 3.63) is 106 Å². The summed E-state index contributed by atoms with van der Waals surface area (Å²) in [6.07, 6.45) is 4.03. The van der Waals surface area contributed by atoms with Crippen LogP contribution in [0.1, 0.15) is 35.6 Å². The molecule has 32 heavy (non-hydrogen) atoms. The Bertz CT molecular complexity index is 1240. The Labute approximate surface area is 196 Å². The fourth-order valence-corrected chi connectivity index (χ4v) is 5.96. The Kier molecular flexibility index (Phi) is 7.00. The van der Waals surface area contributed by atoms with Crippen LogP contribution in [0.25, 0.3) is 17.2 Å². The van der Waals surface area contributed by atoms with Crippen LogP contribution in [0.15, 0.2) is 83.3 Å². The van der Waals surface area contributed by atoms with Crippen LogP contribution in [0.4, 0.5) is 4.39 Å². The number of rotatable bonds is 7. The molecule has 1 aliphatic carbocycles. The quantitative estimate of drug-likeness (QED) is 0.383. The number of benzene rings is 3. The Morgan fingerprint density at radius 1 is 1.00 bits per heavy atom. The van der Waals surface area contributed by atoms with Crippen LogP contribution < -0.4 is 0 Å². The van der Waals surface area contributed by atoms with Crippen LogP contribution in [0.2, 0.25) is 0 Å². The summed E-state index contributed by atoms with van der Waals surface area (Å²) in [6.45, 7) is 2.01. The molecule has 3 aromatic carbocycles. The third-order valence-corrected chi connectivity index (χ3v) is 8.46. The molecule has 0 saturated carbocycles. The molecule has 0 fully saturated rings. The number of hydrogen-bond donors (Lipinski definition) is 0. The average Bonchev–Trinajstić information content (AvgIpc) is 3.04. The van der Waals surface area contributed by atoms with Crippen LogP contribution >= 0.6 is 0 Å². The van der Waals surface area contributed by atoms with E-state index >= 15 is 0 Å². The number of carbonyl (C=O) groups is 1. The summed E-state index contributed by atoms with van der Waals surface area (Å²) in [6, 6.07) is 22.4. The first-order valence-electron chi connectivity index (χ1n) is 10.3. The van der Waals surface area contributed by atoms with Gasteiger partial charge in [0.15, 0.2) is 0 Å². The monoisotopic (exact) mass is 510 g/mol. The zero-order chi connectivity index (χ0) is 22.7. The summed E-state index contributed by atoms with van der Waals surface area (Å²) in [7, 11) is -1.02. The Hall–Kier alpha value is -2.59. The Morgan fingerprint density at radius 3 is 2.41 bits per heavy atom. The van der Waals surface area contributed by atoms with Crippen molar-refractivity contribution in [3.8, 4) is 0 Å². The van der Waals surface area contributed by atoms with E-state index < -0.39 is 10.8 Å². The standard InChI is InChI=1S/C27H23FO2SSe/c1-18-24(14-19-8-11-22(12-9-19)31(2)30)23-13-10-21(28)15-26(23)25(18)16-27(29)32-17-20-6-4-3-5-7-20/h3-15H,16-17H2,1-2H3/b24-14-. The molecule has 0 saturated heterocycles. The molecular formula is C27H23FO2SSe. The number of fused-ring (bicyclic) bond motifs is 1. The molecule has 0 amide bonds. The van der Waals surface area contributed by atoms with E-state index in [1.807, 2.05) is 61.5 Å². The van der Waals surface area contributed by atoms with Crippen molar-refractivity contribution in [2.45, 2.75) is 23.6 Å². The van der Waals surface area contributed by atoms with Crippen molar-refractivity contribution in [2.75, 3.05) is 6.26 Å². The van der Waals surface area contributed by atoms with E-state index in [0.29, 0.717) is 6.42 Å². The fourth-order valence-electron chi connectivity index (χ4n) is 3.84. The van der Waals surface area contributed by atoms with E-state index in [1.165, 1.54) is 17.7 Å². The van der Waals surface area contributed by atoms with Gasteiger partial charge in [-0.25, -0.2) is 0 Å². The van der Waals surface area contributed by atoms with Gasteiger partial charge < -0.3 is 0 Å². The molecule has 4 rings (SSSR count). The first-order valence-corrected chi connectivity index (χ1v) is 13.9. The van der Waals surface area contributed by atoms with E-state index in [0.717, 1.165) is 43.6 Å². The SMILES string of the molecule is CC1=C(CC(=O)[Se]Cc2ccccc2)c2cc(F)ccc2/C1=C\c1ccc(S(C)=O)cc1. The molecule has 0 bridgehead atoms. The normalized spacial score (nSPS) is 15.2. The third kappa shape index (κ3) is 5.07. The van der Waals surface area contributed by atoms with Gasteiger partial charge in [-0.2, -0.15) is 0 Å². The van der Waals surface area contributed by atoms with Crippen molar-refractivity contribution in [2.24, 2.45) is 0 Å². The summed E-state index contributed by atoms with van der Waals surface area (Å²) >= 11 is -0.166. The van der Waals surface area contributed by atoms with E-state index in [-0.39, 0.29) is 25.5 Å².